The zero-order chi connectivity index (χ0) is 22.6. The van der Waals surface area contributed by atoms with Crippen molar-refractivity contribution in [1.29, 1.82) is 0 Å². The van der Waals surface area contributed by atoms with E-state index in [-0.39, 0.29) is 18.7 Å². The molecule has 1 saturated heterocycles. The molecule has 9 nitrogen and oxygen atoms in total. The fraction of sp³-hybridized carbons (Fsp3) is 0.588. The number of piperidine rings is 1. The van der Waals surface area contributed by atoms with E-state index in [1.807, 2.05) is 0 Å². The molecule has 2 aromatic rings. The van der Waals surface area contributed by atoms with E-state index in [4.69, 9.17) is 0 Å². The molecule has 1 unspecified atom stereocenters. The highest BCUT2D eigenvalue weighted by Crippen LogP contribution is 2.38. The van der Waals surface area contributed by atoms with Crippen LogP contribution in [0.1, 0.15) is 36.6 Å². The lowest BCUT2D eigenvalue weighted by Crippen LogP contribution is -2.45. The van der Waals surface area contributed by atoms with Crippen LogP contribution in [0.25, 0.3) is 11.0 Å². The van der Waals surface area contributed by atoms with Crippen LogP contribution in [0, 0.1) is 0 Å². The number of rotatable bonds is 3. The molecule has 0 bridgehead atoms. The van der Waals surface area contributed by atoms with Gasteiger partial charge in [-0.1, -0.05) is 6.42 Å². The topological polar surface area (TPSA) is 97.5 Å². The minimum atomic E-state index is -4.90. The van der Waals surface area contributed by atoms with Gasteiger partial charge >= 0.3 is 11.9 Å². The summed E-state index contributed by atoms with van der Waals surface area (Å²) in [4.78, 5) is 28.9. The molecule has 3 rings (SSSR count). The number of halogens is 3. The Labute approximate surface area is 170 Å². The van der Waals surface area contributed by atoms with Gasteiger partial charge in [0.1, 0.15) is 5.65 Å². The first-order valence-corrected chi connectivity index (χ1v) is 10.5. The summed E-state index contributed by atoms with van der Waals surface area (Å²) in [6.45, 7) is 0.127. The zero-order valence-electron chi connectivity index (χ0n) is 16.9. The Kier molecular flexibility index (Phi) is 5.58. The molecule has 166 valence electrons. The second-order valence-electron chi connectivity index (χ2n) is 7.41. The lowest BCUT2D eigenvalue weighted by Gasteiger charge is -2.36. The Morgan fingerprint density at radius 3 is 2.33 bits per heavy atom. The maximum absolute atomic E-state index is 13.9. The van der Waals surface area contributed by atoms with E-state index in [2.05, 4.69) is 4.98 Å². The lowest BCUT2D eigenvalue weighted by molar-refractivity contribution is -0.136. The quantitative estimate of drug-likeness (QED) is 0.696. The summed E-state index contributed by atoms with van der Waals surface area (Å²) in [5, 5.41) is -0.728. The molecule has 1 atom stereocenters. The van der Waals surface area contributed by atoms with E-state index in [1.54, 1.807) is 0 Å². The van der Waals surface area contributed by atoms with E-state index < -0.39 is 50.3 Å². The standard InChI is InChI=1S/C17H22F3N5O4S/c1-22(2)30(28,29)25-8-6-5-7-12(25)11-9-10(17(18,19)20)13-14(21-11)23(3)16(27)24(4)15(13)26/h9,12H,5-8H2,1-4H3. The van der Waals surface area contributed by atoms with Crippen LogP contribution < -0.4 is 11.2 Å². The van der Waals surface area contributed by atoms with Crippen molar-refractivity contribution in [2.24, 2.45) is 14.1 Å². The summed E-state index contributed by atoms with van der Waals surface area (Å²) in [6.07, 6.45) is -3.48. The summed E-state index contributed by atoms with van der Waals surface area (Å²) in [6, 6.07) is -0.224. The molecule has 3 heterocycles. The summed E-state index contributed by atoms with van der Waals surface area (Å²) >= 11 is 0. The molecule has 13 heteroatoms. The van der Waals surface area contributed by atoms with Crippen molar-refractivity contribution in [2.75, 3.05) is 20.6 Å². The number of aromatic nitrogens is 3. The van der Waals surface area contributed by atoms with Gasteiger partial charge in [-0.3, -0.25) is 13.9 Å². The SMILES string of the molecule is CN(C)S(=O)(=O)N1CCCCC1c1cc(C(F)(F)F)c2c(=O)n(C)c(=O)n(C)c2n1. The number of fused-ring (bicyclic) bond motifs is 1. The number of nitrogens with zero attached hydrogens (tertiary/aromatic N) is 5. The van der Waals surface area contributed by atoms with Gasteiger partial charge in [0.05, 0.1) is 22.7 Å². The largest absolute Gasteiger partial charge is 0.417 e. The molecule has 0 aliphatic carbocycles. The Bertz CT molecular complexity index is 1220. The van der Waals surface area contributed by atoms with E-state index in [0.717, 1.165) is 26.3 Å². The Balaban J connectivity index is 2.37. The van der Waals surface area contributed by atoms with Gasteiger partial charge in [0.25, 0.3) is 15.8 Å². The second-order valence-corrected chi connectivity index (χ2v) is 9.50. The Morgan fingerprint density at radius 2 is 1.77 bits per heavy atom. The zero-order valence-corrected chi connectivity index (χ0v) is 17.7. The van der Waals surface area contributed by atoms with Crippen LogP contribution in [-0.2, 0) is 30.5 Å². The first-order chi connectivity index (χ1) is 13.8. The Hall–Kier alpha value is -2.25. The number of hydrogen-bond donors (Lipinski definition) is 0. The van der Waals surface area contributed by atoms with E-state index >= 15 is 0 Å². The van der Waals surface area contributed by atoms with Crippen LogP contribution in [-0.4, -0.2) is 51.8 Å². The summed E-state index contributed by atoms with van der Waals surface area (Å²) < 4.78 is 70.6. The van der Waals surface area contributed by atoms with Crippen LogP contribution in [0.15, 0.2) is 15.7 Å². The number of aryl methyl sites for hydroxylation is 1. The molecule has 0 radical (unpaired) electrons. The maximum Gasteiger partial charge on any atom is 0.417 e. The number of alkyl halides is 3. The second kappa shape index (κ2) is 7.46. The first-order valence-electron chi connectivity index (χ1n) is 9.15. The van der Waals surface area contributed by atoms with Crippen LogP contribution in [0.4, 0.5) is 13.2 Å². The summed E-state index contributed by atoms with van der Waals surface area (Å²) in [5.74, 6) is 0. The predicted molar refractivity (Wildman–Crippen MR) is 103 cm³/mol. The van der Waals surface area contributed by atoms with Crippen molar-refractivity contribution < 1.29 is 21.6 Å². The monoisotopic (exact) mass is 449 g/mol. The number of pyridine rings is 1. The minimum Gasteiger partial charge on any atom is -0.280 e. The summed E-state index contributed by atoms with van der Waals surface area (Å²) in [5.41, 5.74) is -3.76. The van der Waals surface area contributed by atoms with E-state index in [1.165, 1.54) is 21.1 Å². The Morgan fingerprint density at radius 1 is 1.13 bits per heavy atom. The van der Waals surface area contributed by atoms with Gasteiger partial charge in [0.2, 0.25) is 0 Å². The molecule has 1 aliphatic rings. The normalized spacial score (nSPS) is 19.0. The average molecular weight is 449 g/mol. The maximum atomic E-state index is 13.9. The highest BCUT2D eigenvalue weighted by Gasteiger charge is 2.40. The molecular formula is C17H22F3N5O4S. The number of hydrogen-bond acceptors (Lipinski definition) is 5. The lowest BCUT2D eigenvalue weighted by atomic mass is 9.99. The molecule has 0 aromatic carbocycles. The van der Waals surface area contributed by atoms with Crippen molar-refractivity contribution in [3.63, 3.8) is 0 Å². The minimum absolute atomic E-state index is 0.127. The van der Waals surface area contributed by atoms with E-state index in [9.17, 15) is 31.2 Å². The van der Waals surface area contributed by atoms with Gasteiger partial charge in [0, 0.05) is 34.7 Å². The van der Waals surface area contributed by atoms with Gasteiger partial charge in [-0.2, -0.15) is 30.2 Å². The molecule has 2 aromatic heterocycles. The molecule has 1 fully saturated rings. The third-order valence-electron chi connectivity index (χ3n) is 5.29. The molecule has 0 saturated carbocycles. The highest BCUT2D eigenvalue weighted by molar-refractivity contribution is 7.86. The first kappa shape index (κ1) is 22.4. The van der Waals surface area contributed by atoms with E-state index in [0.29, 0.717) is 17.4 Å². The summed E-state index contributed by atoms with van der Waals surface area (Å²) in [7, 11) is 1.06. The van der Waals surface area contributed by atoms with Crippen LogP contribution >= 0.6 is 0 Å². The molecule has 30 heavy (non-hydrogen) atoms. The van der Waals surface area contributed by atoms with Crippen LogP contribution in [0.2, 0.25) is 0 Å². The highest BCUT2D eigenvalue weighted by atomic mass is 32.2. The third kappa shape index (κ3) is 3.54. The van der Waals surface area contributed by atoms with Gasteiger partial charge in [-0.25, -0.2) is 9.78 Å². The van der Waals surface area contributed by atoms with Crippen LogP contribution in [0.3, 0.4) is 0 Å². The molecule has 0 N–H and O–H groups in total. The average Bonchev–Trinajstić information content (AvgIpc) is 2.68. The fourth-order valence-electron chi connectivity index (χ4n) is 3.66. The van der Waals surface area contributed by atoms with Gasteiger partial charge < -0.3 is 0 Å². The van der Waals surface area contributed by atoms with Crippen molar-refractivity contribution in [3.8, 4) is 0 Å². The van der Waals surface area contributed by atoms with Crippen LogP contribution in [0.5, 0.6) is 0 Å². The predicted octanol–water partition coefficient (Wildman–Crippen LogP) is 0.984. The third-order valence-corrected chi connectivity index (χ3v) is 7.24. The fourth-order valence-corrected chi connectivity index (χ4v) is 4.97. The van der Waals surface area contributed by atoms with Crippen molar-refractivity contribution in [1.82, 2.24) is 22.7 Å². The van der Waals surface area contributed by atoms with Gasteiger partial charge in [-0.15, -0.1) is 0 Å². The van der Waals surface area contributed by atoms with Gasteiger partial charge in [-0.05, 0) is 18.9 Å². The smallest absolute Gasteiger partial charge is 0.280 e. The van der Waals surface area contributed by atoms with Crippen molar-refractivity contribution in [2.45, 2.75) is 31.5 Å². The van der Waals surface area contributed by atoms with Crippen molar-refractivity contribution >= 4 is 21.2 Å². The molecule has 0 spiro atoms. The van der Waals surface area contributed by atoms with Gasteiger partial charge in [0.15, 0.2) is 0 Å². The molecule has 0 amide bonds. The van der Waals surface area contributed by atoms with Crippen molar-refractivity contribution in [3.05, 3.63) is 38.2 Å². The molecule has 1 aliphatic heterocycles. The molecular weight excluding hydrogens is 427 g/mol.